The topological polar surface area (TPSA) is 81.2 Å². The molecule has 0 aliphatic heterocycles. The molecule has 1 aromatic heterocycles. The lowest BCUT2D eigenvalue weighted by molar-refractivity contribution is 0.0382. The number of halogens is 2. The predicted molar refractivity (Wildman–Crippen MR) is 89.8 cm³/mol. The molecule has 1 heterocycles. The lowest BCUT2D eigenvalue weighted by Gasteiger charge is -2.15. The Balaban J connectivity index is 1.70. The quantitative estimate of drug-likeness (QED) is 0.668. The second-order valence-electron chi connectivity index (χ2n) is 5.31. The molecule has 0 saturated heterocycles. The first-order chi connectivity index (χ1) is 11.4. The molecule has 1 aromatic carbocycles. The highest BCUT2D eigenvalue weighted by atomic mass is 35.5. The summed E-state index contributed by atoms with van der Waals surface area (Å²) >= 11 is 11.7. The number of nitrogens with zero attached hydrogens (tertiary/aromatic N) is 1. The molecule has 8 heteroatoms. The van der Waals surface area contributed by atoms with Crippen LogP contribution in [0.25, 0.3) is 0 Å². The molecular weight excluding hydrogens is 355 g/mol. The SMILES string of the molecule is O=C(O[C@@H]1C=C[C@H](n2ccc(=O)[nH]c2=O)C1)c1cc(Cl)cc(Cl)c1. The molecule has 0 amide bonds. The van der Waals surface area contributed by atoms with Gasteiger partial charge in [0.15, 0.2) is 0 Å². The first-order valence-corrected chi connectivity index (χ1v) is 7.85. The van der Waals surface area contributed by atoms with Crippen molar-refractivity contribution in [1.29, 1.82) is 0 Å². The molecule has 2 aromatic rings. The molecule has 3 rings (SSSR count). The Bertz CT molecular complexity index is 912. The van der Waals surface area contributed by atoms with Gasteiger partial charge in [0.2, 0.25) is 0 Å². The summed E-state index contributed by atoms with van der Waals surface area (Å²) in [6.07, 6.45) is 4.77. The van der Waals surface area contributed by atoms with E-state index in [0.717, 1.165) is 0 Å². The van der Waals surface area contributed by atoms with Gasteiger partial charge in [0.05, 0.1) is 11.6 Å². The molecule has 1 aliphatic carbocycles. The van der Waals surface area contributed by atoms with Crippen molar-refractivity contribution in [2.45, 2.75) is 18.6 Å². The van der Waals surface area contributed by atoms with Crippen LogP contribution in [-0.4, -0.2) is 21.6 Å². The minimum absolute atomic E-state index is 0.255. The lowest BCUT2D eigenvalue weighted by atomic mass is 10.2. The summed E-state index contributed by atoms with van der Waals surface area (Å²) < 4.78 is 6.77. The summed E-state index contributed by atoms with van der Waals surface area (Å²) in [5.74, 6) is -0.552. The molecule has 6 nitrogen and oxygen atoms in total. The van der Waals surface area contributed by atoms with E-state index in [4.69, 9.17) is 27.9 Å². The van der Waals surface area contributed by atoms with E-state index in [2.05, 4.69) is 4.98 Å². The minimum atomic E-state index is -0.552. The minimum Gasteiger partial charge on any atom is -0.454 e. The number of hydrogen-bond acceptors (Lipinski definition) is 4. The van der Waals surface area contributed by atoms with Gasteiger partial charge in [-0.2, -0.15) is 0 Å². The number of aromatic amines is 1. The van der Waals surface area contributed by atoms with Crippen LogP contribution in [0.5, 0.6) is 0 Å². The summed E-state index contributed by atoms with van der Waals surface area (Å²) in [6, 6.07) is 5.43. The molecule has 0 unspecified atom stereocenters. The molecule has 0 fully saturated rings. The van der Waals surface area contributed by atoms with Crippen LogP contribution >= 0.6 is 23.2 Å². The van der Waals surface area contributed by atoms with Gasteiger partial charge in [-0.3, -0.25) is 14.3 Å². The molecule has 1 N–H and O–H groups in total. The van der Waals surface area contributed by atoms with E-state index in [-0.39, 0.29) is 11.6 Å². The number of hydrogen-bond donors (Lipinski definition) is 1. The van der Waals surface area contributed by atoms with Crippen LogP contribution in [0.15, 0.2) is 52.2 Å². The Hall–Kier alpha value is -2.31. The van der Waals surface area contributed by atoms with Crippen molar-refractivity contribution >= 4 is 29.2 Å². The highest BCUT2D eigenvalue weighted by molar-refractivity contribution is 6.35. The van der Waals surface area contributed by atoms with Crippen LogP contribution in [0.2, 0.25) is 10.0 Å². The van der Waals surface area contributed by atoms with Crippen molar-refractivity contribution in [3.8, 4) is 0 Å². The Morgan fingerprint density at radius 1 is 1.17 bits per heavy atom. The average molecular weight is 367 g/mol. The van der Waals surface area contributed by atoms with Gasteiger partial charge in [-0.15, -0.1) is 0 Å². The lowest BCUT2D eigenvalue weighted by Crippen LogP contribution is -2.31. The zero-order valence-electron chi connectivity index (χ0n) is 12.2. The van der Waals surface area contributed by atoms with Crippen LogP contribution in [0.3, 0.4) is 0 Å². The van der Waals surface area contributed by atoms with Gasteiger partial charge < -0.3 is 4.74 Å². The van der Waals surface area contributed by atoms with E-state index in [1.54, 1.807) is 12.2 Å². The van der Waals surface area contributed by atoms with E-state index in [0.29, 0.717) is 16.5 Å². The maximum absolute atomic E-state index is 12.2. The third-order valence-corrected chi connectivity index (χ3v) is 4.02. The van der Waals surface area contributed by atoms with Gasteiger partial charge in [-0.25, -0.2) is 9.59 Å². The van der Waals surface area contributed by atoms with Gasteiger partial charge >= 0.3 is 11.7 Å². The summed E-state index contributed by atoms with van der Waals surface area (Å²) in [5, 5.41) is 0.683. The maximum atomic E-state index is 12.2. The fourth-order valence-corrected chi connectivity index (χ4v) is 3.03. The Morgan fingerprint density at radius 2 is 1.88 bits per heavy atom. The molecule has 0 saturated carbocycles. The van der Waals surface area contributed by atoms with Crippen LogP contribution in [0.4, 0.5) is 0 Å². The number of allylic oxidation sites excluding steroid dienone is 1. The van der Waals surface area contributed by atoms with Gasteiger partial charge in [0.1, 0.15) is 6.10 Å². The molecule has 0 radical (unpaired) electrons. The number of carbonyl (C=O) groups excluding carboxylic acids is 1. The summed E-state index contributed by atoms with van der Waals surface area (Å²) in [6.45, 7) is 0. The number of aromatic nitrogens is 2. The van der Waals surface area contributed by atoms with Crippen molar-refractivity contribution < 1.29 is 9.53 Å². The molecule has 0 bridgehead atoms. The van der Waals surface area contributed by atoms with Crippen molar-refractivity contribution in [2.24, 2.45) is 0 Å². The second kappa shape index (κ2) is 6.67. The zero-order valence-corrected chi connectivity index (χ0v) is 13.8. The number of ether oxygens (including phenoxy) is 1. The van der Waals surface area contributed by atoms with Crippen molar-refractivity contribution in [3.63, 3.8) is 0 Å². The van der Waals surface area contributed by atoms with Crippen molar-refractivity contribution in [1.82, 2.24) is 9.55 Å². The summed E-state index contributed by atoms with van der Waals surface area (Å²) in [7, 11) is 0. The third-order valence-electron chi connectivity index (χ3n) is 3.59. The Morgan fingerprint density at radius 3 is 2.54 bits per heavy atom. The monoisotopic (exact) mass is 366 g/mol. The van der Waals surface area contributed by atoms with Crippen LogP contribution in [0, 0.1) is 0 Å². The molecule has 1 aliphatic rings. The fraction of sp³-hybridized carbons (Fsp3) is 0.188. The predicted octanol–water partition coefficient (Wildman–Crippen LogP) is 2.57. The Labute approximate surface area is 146 Å². The maximum Gasteiger partial charge on any atom is 0.338 e. The molecule has 124 valence electrons. The Kier molecular flexibility index (Phi) is 4.59. The third kappa shape index (κ3) is 3.60. The van der Waals surface area contributed by atoms with Gasteiger partial charge in [0, 0.05) is 28.7 Å². The second-order valence-corrected chi connectivity index (χ2v) is 6.18. The fourth-order valence-electron chi connectivity index (χ4n) is 2.51. The average Bonchev–Trinajstić information content (AvgIpc) is 2.94. The van der Waals surface area contributed by atoms with E-state index < -0.39 is 23.3 Å². The first kappa shape index (κ1) is 16.5. The van der Waals surface area contributed by atoms with Crippen molar-refractivity contribution in [2.75, 3.05) is 0 Å². The van der Waals surface area contributed by atoms with Crippen LogP contribution in [-0.2, 0) is 4.74 Å². The van der Waals surface area contributed by atoms with Gasteiger partial charge in [-0.1, -0.05) is 29.3 Å². The number of esters is 1. The molecular formula is C16H12Cl2N2O4. The smallest absolute Gasteiger partial charge is 0.338 e. The largest absolute Gasteiger partial charge is 0.454 e. The molecule has 2 atom stereocenters. The van der Waals surface area contributed by atoms with Crippen molar-refractivity contribution in [3.05, 3.63) is 79.1 Å². The van der Waals surface area contributed by atoms with E-state index >= 15 is 0 Å². The summed E-state index contributed by atoms with van der Waals surface area (Å²) in [5.41, 5.74) is -0.713. The zero-order chi connectivity index (χ0) is 17.3. The number of carbonyl (C=O) groups is 1. The van der Waals surface area contributed by atoms with E-state index in [1.165, 1.54) is 35.0 Å². The van der Waals surface area contributed by atoms with Crippen LogP contribution in [0.1, 0.15) is 22.8 Å². The normalized spacial score (nSPS) is 19.4. The van der Waals surface area contributed by atoms with Gasteiger partial charge in [0.25, 0.3) is 5.56 Å². The number of nitrogens with one attached hydrogen (secondary N) is 1. The number of rotatable bonds is 3. The first-order valence-electron chi connectivity index (χ1n) is 7.09. The number of benzene rings is 1. The highest BCUT2D eigenvalue weighted by Crippen LogP contribution is 2.25. The molecule has 0 spiro atoms. The molecule has 24 heavy (non-hydrogen) atoms. The standard InChI is InChI=1S/C16H12Cl2N2O4/c17-10-5-9(6-11(18)7-10)15(22)24-13-2-1-12(8-13)20-4-3-14(21)19-16(20)23/h1-7,12-13H,8H2,(H,19,21,23)/t12-,13+/m0/s1. The van der Waals surface area contributed by atoms with Crippen LogP contribution < -0.4 is 11.2 Å². The van der Waals surface area contributed by atoms with E-state index in [1.807, 2.05) is 0 Å². The number of H-pyrrole nitrogens is 1. The van der Waals surface area contributed by atoms with E-state index in [9.17, 15) is 14.4 Å². The highest BCUT2D eigenvalue weighted by Gasteiger charge is 2.24. The van der Waals surface area contributed by atoms with Gasteiger partial charge in [-0.05, 0) is 24.3 Å². The summed E-state index contributed by atoms with van der Waals surface area (Å²) in [4.78, 5) is 37.3.